The second-order valence-electron chi connectivity index (χ2n) is 3.51. The van der Waals surface area contributed by atoms with Crippen molar-refractivity contribution in [3.8, 4) is 0 Å². The molecule has 72 valence electrons. The van der Waals surface area contributed by atoms with Crippen molar-refractivity contribution in [2.24, 2.45) is 11.7 Å². The molecule has 3 heteroatoms. The van der Waals surface area contributed by atoms with Crippen LogP contribution >= 0.6 is 24.0 Å². The monoisotopic (exact) mass is 217 g/mol. The van der Waals surface area contributed by atoms with E-state index in [-0.39, 0.29) is 18.4 Å². The van der Waals surface area contributed by atoms with E-state index in [4.69, 9.17) is 17.3 Å². The van der Waals surface area contributed by atoms with Crippen LogP contribution in [0.1, 0.15) is 24.1 Å². The Morgan fingerprint density at radius 1 is 1.46 bits per heavy atom. The van der Waals surface area contributed by atoms with Gasteiger partial charge in [0, 0.05) is 11.1 Å². The van der Waals surface area contributed by atoms with Crippen molar-refractivity contribution in [3.05, 3.63) is 34.3 Å². The van der Waals surface area contributed by atoms with Gasteiger partial charge in [0.1, 0.15) is 0 Å². The molecule has 0 heterocycles. The lowest BCUT2D eigenvalue weighted by atomic mass is 10.0. The molecule has 1 aliphatic carbocycles. The van der Waals surface area contributed by atoms with Crippen LogP contribution in [0.15, 0.2) is 18.2 Å². The SMILES string of the molecule is C[C@@H]1Cc2c(Cl)cccc2[C@@H]1N.Cl. The summed E-state index contributed by atoms with van der Waals surface area (Å²) in [5.41, 5.74) is 8.48. The molecule has 1 aliphatic rings. The van der Waals surface area contributed by atoms with Crippen LogP contribution in [-0.2, 0) is 6.42 Å². The highest BCUT2D eigenvalue weighted by molar-refractivity contribution is 6.31. The van der Waals surface area contributed by atoms with E-state index in [0.717, 1.165) is 11.4 Å². The van der Waals surface area contributed by atoms with Crippen molar-refractivity contribution >= 4 is 24.0 Å². The van der Waals surface area contributed by atoms with Gasteiger partial charge in [-0.3, -0.25) is 0 Å². The van der Waals surface area contributed by atoms with Crippen LogP contribution < -0.4 is 5.73 Å². The Morgan fingerprint density at radius 2 is 2.15 bits per heavy atom. The second-order valence-corrected chi connectivity index (χ2v) is 3.92. The molecule has 0 spiro atoms. The minimum absolute atomic E-state index is 0. The zero-order chi connectivity index (χ0) is 8.72. The van der Waals surface area contributed by atoms with Gasteiger partial charge in [-0.15, -0.1) is 12.4 Å². The predicted molar refractivity (Wildman–Crippen MR) is 58.5 cm³/mol. The van der Waals surface area contributed by atoms with Crippen LogP contribution in [0.25, 0.3) is 0 Å². The number of nitrogens with two attached hydrogens (primary N) is 1. The number of fused-ring (bicyclic) bond motifs is 1. The molecule has 0 saturated heterocycles. The number of hydrogen-bond acceptors (Lipinski definition) is 1. The molecule has 1 aromatic carbocycles. The summed E-state index contributed by atoms with van der Waals surface area (Å²) in [6.45, 7) is 2.17. The summed E-state index contributed by atoms with van der Waals surface area (Å²) in [5, 5.41) is 0.868. The molecule has 0 unspecified atom stereocenters. The van der Waals surface area contributed by atoms with Crippen LogP contribution in [0.5, 0.6) is 0 Å². The van der Waals surface area contributed by atoms with Crippen molar-refractivity contribution in [1.29, 1.82) is 0 Å². The summed E-state index contributed by atoms with van der Waals surface area (Å²) in [7, 11) is 0. The highest BCUT2D eigenvalue weighted by Crippen LogP contribution is 2.37. The van der Waals surface area contributed by atoms with Gasteiger partial charge in [-0.05, 0) is 29.5 Å². The Labute approximate surface area is 89.7 Å². The molecule has 0 aliphatic heterocycles. The van der Waals surface area contributed by atoms with Crippen molar-refractivity contribution < 1.29 is 0 Å². The Balaban J connectivity index is 0.000000845. The van der Waals surface area contributed by atoms with Gasteiger partial charge in [-0.1, -0.05) is 30.7 Å². The molecule has 2 atom stereocenters. The summed E-state index contributed by atoms with van der Waals surface area (Å²) in [4.78, 5) is 0. The maximum Gasteiger partial charge on any atom is 0.0441 e. The highest BCUT2D eigenvalue weighted by atomic mass is 35.5. The van der Waals surface area contributed by atoms with E-state index in [2.05, 4.69) is 13.0 Å². The fourth-order valence-electron chi connectivity index (χ4n) is 1.86. The average molecular weight is 218 g/mol. The summed E-state index contributed by atoms with van der Waals surface area (Å²) in [6.07, 6.45) is 1.02. The third-order valence-corrected chi connectivity index (χ3v) is 3.01. The van der Waals surface area contributed by atoms with Gasteiger partial charge >= 0.3 is 0 Å². The fraction of sp³-hybridized carbons (Fsp3) is 0.400. The second kappa shape index (κ2) is 3.87. The molecule has 0 bridgehead atoms. The van der Waals surface area contributed by atoms with E-state index in [1.54, 1.807) is 0 Å². The molecule has 13 heavy (non-hydrogen) atoms. The first kappa shape index (κ1) is 10.8. The molecular weight excluding hydrogens is 205 g/mol. The van der Waals surface area contributed by atoms with Crippen LogP contribution in [0, 0.1) is 5.92 Å². The lowest BCUT2D eigenvalue weighted by Crippen LogP contribution is -2.13. The Morgan fingerprint density at radius 3 is 2.77 bits per heavy atom. The molecule has 0 saturated carbocycles. The van der Waals surface area contributed by atoms with E-state index in [9.17, 15) is 0 Å². The molecule has 0 amide bonds. The van der Waals surface area contributed by atoms with Gasteiger partial charge in [-0.2, -0.15) is 0 Å². The minimum Gasteiger partial charge on any atom is -0.324 e. The van der Waals surface area contributed by atoms with Gasteiger partial charge in [0.05, 0.1) is 0 Å². The van der Waals surface area contributed by atoms with E-state index in [0.29, 0.717) is 5.92 Å². The first-order valence-electron chi connectivity index (χ1n) is 4.23. The first-order valence-corrected chi connectivity index (χ1v) is 4.61. The van der Waals surface area contributed by atoms with E-state index >= 15 is 0 Å². The van der Waals surface area contributed by atoms with Crippen LogP contribution in [0.3, 0.4) is 0 Å². The highest BCUT2D eigenvalue weighted by Gasteiger charge is 2.27. The van der Waals surface area contributed by atoms with Crippen LogP contribution in [-0.4, -0.2) is 0 Å². The number of rotatable bonds is 0. The van der Waals surface area contributed by atoms with E-state index in [1.807, 2.05) is 12.1 Å². The molecule has 1 aromatic rings. The summed E-state index contributed by atoms with van der Waals surface area (Å²) in [5.74, 6) is 0.528. The zero-order valence-electron chi connectivity index (χ0n) is 7.46. The third kappa shape index (κ3) is 1.69. The quantitative estimate of drug-likeness (QED) is 0.711. The summed E-state index contributed by atoms with van der Waals surface area (Å²) >= 11 is 6.04. The molecule has 2 rings (SSSR count). The molecule has 0 fully saturated rings. The fourth-order valence-corrected chi connectivity index (χ4v) is 2.12. The Hall–Kier alpha value is -0.240. The zero-order valence-corrected chi connectivity index (χ0v) is 9.03. The largest absolute Gasteiger partial charge is 0.324 e. The molecule has 2 N–H and O–H groups in total. The standard InChI is InChI=1S/C10H12ClN.ClH/c1-6-5-8-7(10(6)12)3-2-4-9(8)11;/h2-4,6,10H,5,12H2,1H3;1H/t6-,10-;/m1./s1. The van der Waals surface area contributed by atoms with Crippen LogP contribution in [0.2, 0.25) is 5.02 Å². The lowest BCUT2D eigenvalue weighted by molar-refractivity contribution is 0.513. The van der Waals surface area contributed by atoms with Gasteiger partial charge in [-0.25, -0.2) is 0 Å². The normalized spacial score (nSPS) is 25.2. The van der Waals surface area contributed by atoms with Crippen molar-refractivity contribution in [1.82, 2.24) is 0 Å². The van der Waals surface area contributed by atoms with Crippen molar-refractivity contribution in [2.75, 3.05) is 0 Å². The van der Waals surface area contributed by atoms with Gasteiger partial charge in [0.15, 0.2) is 0 Å². The molecule has 1 nitrogen and oxygen atoms in total. The average Bonchev–Trinajstić information content (AvgIpc) is 2.32. The minimum atomic E-state index is 0. The van der Waals surface area contributed by atoms with Crippen LogP contribution in [0.4, 0.5) is 0 Å². The van der Waals surface area contributed by atoms with Gasteiger partial charge in [0.2, 0.25) is 0 Å². The van der Waals surface area contributed by atoms with Crippen molar-refractivity contribution in [3.63, 3.8) is 0 Å². The topological polar surface area (TPSA) is 26.0 Å². The number of benzene rings is 1. The maximum atomic E-state index is 6.04. The number of hydrogen-bond donors (Lipinski definition) is 1. The smallest absolute Gasteiger partial charge is 0.0441 e. The summed E-state index contributed by atoms with van der Waals surface area (Å²) < 4.78 is 0. The molecular formula is C10H13Cl2N. The van der Waals surface area contributed by atoms with Gasteiger partial charge in [0.25, 0.3) is 0 Å². The third-order valence-electron chi connectivity index (χ3n) is 2.65. The Kier molecular flexibility index (Phi) is 3.23. The number of halogens is 2. The predicted octanol–water partition coefficient (Wildman–Crippen LogP) is 2.95. The molecule has 0 aromatic heterocycles. The Bertz CT molecular complexity index is 312. The first-order chi connectivity index (χ1) is 5.70. The van der Waals surface area contributed by atoms with E-state index in [1.165, 1.54) is 11.1 Å². The lowest BCUT2D eigenvalue weighted by Gasteiger charge is -2.08. The van der Waals surface area contributed by atoms with Crippen molar-refractivity contribution in [2.45, 2.75) is 19.4 Å². The summed E-state index contributed by atoms with van der Waals surface area (Å²) in [6, 6.07) is 6.17. The molecule has 0 radical (unpaired) electrons. The van der Waals surface area contributed by atoms with Gasteiger partial charge < -0.3 is 5.73 Å². The maximum absolute atomic E-state index is 6.04. The van der Waals surface area contributed by atoms with E-state index < -0.39 is 0 Å².